The summed E-state index contributed by atoms with van der Waals surface area (Å²) in [6.07, 6.45) is 2.65. The summed E-state index contributed by atoms with van der Waals surface area (Å²) >= 11 is 1.93. The first-order valence-electron chi connectivity index (χ1n) is 9.74. The highest BCUT2D eigenvalue weighted by atomic mass is 127. The van der Waals surface area contributed by atoms with E-state index in [1.54, 1.807) is 6.07 Å². The molecule has 2 fully saturated rings. The third kappa shape index (κ3) is 3.83. The summed E-state index contributed by atoms with van der Waals surface area (Å²) < 4.78 is 43.5. The Morgan fingerprint density at radius 2 is 1.93 bits per heavy atom. The lowest BCUT2D eigenvalue weighted by Gasteiger charge is -2.51. The zero-order valence-electron chi connectivity index (χ0n) is 15.9. The number of rotatable bonds is 5. The number of halogens is 4. The first kappa shape index (κ1) is 21.5. The Kier molecular flexibility index (Phi) is 6.06. The summed E-state index contributed by atoms with van der Waals surface area (Å²) in [7, 11) is 0. The molecule has 0 aromatic heterocycles. The molecule has 4 N–H and O–H groups in total. The van der Waals surface area contributed by atoms with Crippen LogP contribution in [0.15, 0.2) is 30.3 Å². The monoisotopic (exact) mass is 531 g/mol. The minimum Gasteiger partial charge on any atom is -0.385 e. The first-order chi connectivity index (χ1) is 14.3. The van der Waals surface area contributed by atoms with Gasteiger partial charge in [0.25, 0.3) is 0 Å². The van der Waals surface area contributed by atoms with Gasteiger partial charge < -0.3 is 21.1 Å². The molecule has 5 nitrogen and oxygen atoms in total. The van der Waals surface area contributed by atoms with Gasteiger partial charge in [0.1, 0.15) is 17.5 Å². The van der Waals surface area contributed by atoms with E-state index in [2.05, 4.69) is 16.0 Å². The van der Waals surface area contributed by atoms with Gasteiger partial charge in [-0.15, -0.1) is 0 Å². The maximum Gasteiger partial charge on any atom is 0.184 e. The topological polar surface area (TPSA) is 73.4 Å². The third-order valence-corrected chi connectivity index (χ3v) is 6.49. The molecule has 2 aliphatic heterocycles. The molecule has 0 aliphatic carbocycles. The molecule has 2 heterocycles. The van der Waals surface area contributed by atoms with Crippen molar-refractivity contribution in [3.8, 4) is 0 Å². The quantitative estimate of drug-likeness (QED) is 0.352. The Bertz CT molecular complexity index is 984. The van der Waals surface area contributed by atoms with E-state index in [4.69, 9.17) is 0 Å². The normalized spacial score (nSPS) is 26.2. The second-order valence-corrected chi connectivity index (χ2v) is 8.95. The number of hydrogen-bond acceptors (Lipinski definition) is 5. The first-order valence-corrected chi connectivity index (χ1v) is 10.8. The Hall–Kier alpha value is -1.69. The van der Waals surface area contributed by atoms with Crippen LogP contribution in [0.3, 0.4) is 0 Å². The van der Waals surface area contributed by atoms with Gasteiger partial charge in [0, 0.05) is 21.7 Å². The van der Waals surface area contributed by atoms with Gasteiger partial charge in [-0.1, -0.05) is 6.42 Å². The molecule has 0 bridgehead atoms. The fourth-order valence-corrected chi connectivity index (χ4v) is 4.55. The van der Waals surface area contributed by atoms with Crippen molar-refractivity contribution in [3.63, 3.8) is 0 Å². The molecule has 0 saturated carbocycles. The van der Waals surface area contributed by atoms with Crippen molar-refractivity contribution in [1.82, 2.24) is 10.6 Å². The summed E-state index contributed by atoms with van der Waals surface area (Å²) in [6, 6.07) is 5.00. The fourth-order valence-electron chi connectivity index (χ4n) is 4.10. The van der Waals surface area contributed by atoms with Gasteiger partial charge >= 0.3 is 0 Å². The van der Waals surface area contributed by atoms with Crippen LogP contribution in [-0.2, 0) is 0 Å². The van der Waals surface area contributed by atoms with E-state index in [0.717, 1.165) is 37.9 Å². The maximum absolute atomic E-state index is 14.6. The van der Waals surface area contributed by atoms with Crippen molar-refractivity contribution in [2.45, 2.75) is 36.9 Å². The second-order valence-electron chi connectivity index (χ2n) is 7.70. The number of nitrogens with one attached hydrogen (secondary N) is 3. The highest BCUT2D eigenvalue weighted by Crippen LogP contribution is 2.34. The van der Waals surface area contributed by atoms with Gasteiger partial charge in [0.05, 0.1) is 11.4 Å². The van der Waals surface area contributed by atoms with Crippen molar-refractivity contribution in [1.29, 1.82) is 0 Å². The number of aliphatic hydroxyl groups is 1. The van der Waals surface area contributed by atoms with E-state index in [9.17, 15) is 23.1 Å². The number of piperidine rings is 1. The maximum atomic E-state index is 14.6. The molecule has 2 aromatic rings. The molecule has 2 saturated heterocycles. The van der Waals surface area contributed by atoms with Gasteiger partial charge in [-0.3, -0.25) is 4.79 Å². The molecule has 2 aromatic carbocycles. The predicted molar refractivity (Wildman–Crippen MR) is 115 cm³/mol. The van der Waals surface area contributed by atoms with E-state index < -0.39 is 40.6 Å². The van der Waals surface area contributed by atoms with Crippen LogP contribution in [0.25, 0.3) is 0 Å². The van der Waals surface area contributed by atoms with Crippen LogP contribution in [0, 0.1) is 21.0 Å². The molecule has 0 spiro atoms. The van der Waals surface area contributed by atoms with Gasteiger partial charge in [-0.2, -0.15) is 0 Å². The van der Waals surface area contributed by atoms with Crippen molar-refractivity contribution in [3.05, 3.63) is 56.9 Å². The molecule has 9 heteroatoms. The largest absolute Gasteiger partial charge is 0.385 e. The minimum absolute atomic E-state index is 0.0836. The molecule has 2 unspecified atom stereocenters. The van der Waals surface area contributed by atoms with Crippen LogP contribution in [0.5, 0.6) is 0 Å². The molecule has 0 amide bonds. The molecule has 0 radical (unpaired) electrons. The van der Waals surface area contributed by atoms with Crippen LogP contribution in [-0.4, -0.2) is 41.7 Å². The number of anilines is 2. The van der Waals surface area contributed by atoms with Crippen molar-refractivity contribution in [2.24, 2.45) is 0 Å². The second kappa shape index (κ2) is 8.45. The Balaban J connectivity index is 1.67. The lowest BCUT2D eigenvalue weighted by molar-refractivity contribution is -0.0787. The van der Waals surface area contributed by atoms with E-state index >= 15 is 0 Å². The number of benzene rings is 2. The van der Waals surface area contributed by atoms with Gasteiger partial charge in [-0.05, 0) is 72.3 Å². The highest BCUT2D eigenvalue weighted by molar-refractivity contribution is 14.1. The van der Waals surface area contributed by atoms with Gasteiger partial charge in [0.15, 0.2) is 17.4 Å². The van der Waals surface area contributed by atoms with Crippen molar-refractivity contribution in [2.75, 3.05) is 18.4 Å². The van der Waals surface area contributed by atoms with Crippen LogP contribution < -0.4 is 16.0 Å². The molecule has 3 atom stereocenters. The summed E-state index contributed by atoms with van der Waals surface area (Å²) in [5.41, 5.74) is -2.01. The van der Waals surface area contributed by atoms with E-state index in [1.165, 1.54) is 12.1 Å². The number of ketones is 1. The Morgan fingerprint density at radius 3 is 2.57 bits per heavy atom. The number of Topliss-reactive ketones (excluding diaryl/α,β-unsaturated/α-hetero) is 1. The summed E-state index contributed by atoms with van der Waals surface area (Å²) in [5.74, 6) is -3.68. The highest BCUT2D eigenvalue weighted by Gasteiger charge is 2.54. The van der Waals surface area contributed by atoms with E-state index in [0.29, 0.717) is 3.57 Å². The van der Waals surface area contributed by atoms with Crippen molar-refractivity contribution < 1.29 is 23.1 Å². The SMILES string of the molecule is O=C(c1ccc(F)c(F)c1Nc1ccc(I)cc1F)C1NC[C@]1(O)C1CCCCN1. The summed E-state index contributed by atoms with van der Waals surface area (Å²) in [5, 5.41) is 19.8. The van der Waals surface area contributed by atoms with Crippen LogP contribution in [0.4, 0.5) is 24.5 Å². The molecule has 30 heavy (non-hydrogen) atoms. The summed E-state index contributed by atoms with van der Waals surface area (Å²) in [4.78, 5) is 13.2. The molecular formula is C21H21F3IN3O2. The zero-order chi connectivity index (χ0) is 21.5. The zero-order valence-corrected chi connectivity index (χ0v) is 18.1. The molecule has 4 rings (SSSR count). The standard InChI is InChI=1S/C21H21F3IN3O2/c22-13-6-5-12(18(17(13)24)28-15-7-4-11(25)9-14(15)23)19(29)20-21(30,10-27-20)16-3-1-2-8-26-16/h4-7,9,16,20,26-28,30H,1-3,8,10H2/t16?,20?,21-/m0/s1. The van der Waals surface area contributed by atoms with Crippen LogP contribution in [0.2, 0.25) is 0 Å². The fraction of sp³-hybridized carbons (Fsp3) is 0.381. The van der Waals surface area contributed by atoms with Crippen LogP contribution in [0.1, 0.15) is 29.6 Å². The van der Waals surface area contributed by atoms with E-state index in [-0.39, 0.29) is 23.8 Å². The molecule has 2 aliphatic rings. The minimum atomic E-state index is -1.33. The Morgan fingerprint density at radius 1 is 1.13 bits per heavy atom. The smallest absolute Gasteiger partial charge is 0.184 e. The summed E-state index contributed by atoms with van der Waals surface area (Å²) in [6.45, 7) is 0.969. The average Bonchev–Trinajstić information content (AvgIpc) is 2.72. The average molecular weight is 531 g/mol. The number of hydrogen-bond donors (Lipinski definition) is 4. The third-order valence-electron chi connectivity index (χ3n) is 5.82. The lowest BCUT2D eigenvalue weighted by Crippen LogP contribution is -2.78. The van der Waals surface area contributed by atoms with Gasteiger partial charge in [0.2, 0.25) is 0 Å². The Labute approximate surface area is 185 Å². The molecular weight excluding hydrogens is 510 g/mol. The van der Waals surface area contributed by atoms with Crippen LogP contribution >= 0.6 is 22.6 Å². The number of carbonyl (C=O) groups excluding carboxylic acids is 1. The lowest BCUT2D eigenvalue weighted by atomic mass is 9.73. The predicted octanol–water partition coefficient (Wildman–Crippen LogP) is 3.48. The number of carbonyl (C=O) groups is 1. The van der Waals surface area contributed by atoms with Gasteiger partial charge in [-0.25, -0.2) is 13.2 Å². The van der Waals surface area contributed by atoms with E-state index in [1.807, 2.05) is 22.6 Å². The van der Waals surface area contributed by atoms with Crippen molar-refractivity contribution >= 4 is 39.7 Å². The number of β-amino-alcohol motifs (C(OH)–C–C–N with tert-alkyl or cyclic N) is 1. The molecule has 160 valence electrons.